The molecule has 0 spiro atoms. The van der Waals surface area contributed by atoms with Gasteiger partial charge in [-0.3, -0.25) is 0 Å². The molecule has 5 heteroatoms. The summed E-state index contributed by atoms with van der Waals surface area (Å²) in [5.74, 6) is 0.548. The topological polar surface area (TPSA) is 43.4 Å². The fourth-order valence-corrected chi connectivity index (χ4v) is 2.17. The Labute approximate surface area is 125 Å². The summed E-state index contributed by atoms with van der Waals surface area (Å²) in [7, 11) is -3.67. The third-order valence-electron chi connectivity index (χ3n) is 2.05. The molecule has 0 radical (unpaired) electrons. The van der Waals surface area contributed by atoms with Gasteiger partial charge in [-0.15, -0.1) is 0 Å². The molecule has 0 amide bonds. The van der Waals surface area contributed by atoms with Gasteiger partial charge in [0.25, 0.3) is 0 Å². The van der Waals surface area contributed by atoms with Crippen molar-refractivity contribution >= 4 is 39.7 Å². The van der Waals surface area contributed by atoms with Crippen molar-refractivity contribution in [2.45, 2.75) is 25.2 Å². The minimum atomic E-state index is -3.67. The Kier molecular flexibility index (Phi) is 7.09. The Hall–Kier alpha value is -0.290. The van der Waals surface area contributed by atoms with E-state index in [2.05, 4.69) is 24.6 Å². The molecule has 17 heavy (non-hydrogen) atoms. The van der Waals surface area contributed by atoms with Crippen LogP contribution in [0.25, 0.3) is 0 Å². The standard InChI is InChI=1S/C12H16O3S.Na.H/c1-4-15-16(13,14)12-7-5-11(6-8-12)9-10(2)3;;/h4-8,10H,1,9H2,2-3H3;;. The molecule has 0 saturated carbocycles. The van der Waals surface area contributed by atoms with E-state index in [0.717, 1.165) is 18.2 Å². The van der Waals surface area contributed by atoms with Crippen LogP contribution in [0.1, 0.15) is 19.4 Å². The quantitative estimate of drug-likeness (QED) is 0.464. The third-order valence-corrected chi connectivity index (χ3v) is 3.29. The summed E-state index contributed by atoms with van der Waals surface area (Å²) < 4.78 is 27.4. The zero-order chi connectivity index (χ0) is 12.2. The molecule has 0 bridgehead atoms. The summed E-state index contributed by atoms with van der Waals surface area (Å²) in [4.78, 5) is 0.153. The first-order chi connectivity index (χ1) is 7.45. The van der Waals surface area contributed by atoms with E-state index in [4.69, 9.17) is 0 Å². The molecule has 1 rings (SSSR count). The molecule has 0 aromatic heterocycles. The molecule has 0 aliphatic heterocycles. The van der Waals surface area contributed by atoms with E-state index in [0.29, 0.717) is 5.92 Å². The van der Waals surface area contributed by atoms with Crippen LogP contribution in [0.2, 0.25) is 0 Å². The average molecular weight is 264 g/mol. The number of hydrogen-bond acceptors (Lipinski definition) is 3. The Balaban J connectivity index is 0.00000256. The Morgan fingerprint density at radius 2 is 1.82 bits per heavy atom. The molecule has 0 atom stereocenters. The van der Waals surface area contributed by atoms with Crippen molar-refractivity contribution in [3.05, 3.63) is 42.7 Å². The van der Waals surface area contributed by atoms with E-state index >= 15 is 0 Å². The van der Waals surface area contributed by atoms with E-state index in [-0.39, 0.29) is 34.5 Å². The fourth-order valence-electron chi connectivity index (χ4n) is 1.41. The zero-order valence-corrected chi connectivity index (χ0v) is 10.3. The monoisotopic (exact) mass is 264 g/mol. The molecule has 90 valence electrons. The van der Waals surface area contributed by atoms with Gasteiger partial charge in [0.15, 0.2) is 0 Å². The van der Waals surface area contributed by atoms with E-state index < -0.39 is 10.1 Å². The van der Waals surface area contributed by atoms with Gasteiger partial charge in [-0.05, 0) is 30.0 Å². The average Bonchev–Trinajstić information content (AvgIpc) is 2.17. The first kappa shape index (κ1) is 16.7. The first-order valence-corrected chi connectivity index (χ1v) is 6.49. The second-order valence-electron chi connectivity index (χ2n) is 3.96. The first-order valence-electron chi connectivity index (χ1n) is 5.09. The maximum atomic E-state index is 11.5. The van der Waals surface area contributed by atoms with Crippen molar-refractivity contribution in [2.75, 3.05) is 0 Å². The van der Waals surface area contributed by atoms with Gasteiger partial charge in [-0.2, -0.15) is 8.42 Å². The van der Waals surface area contributed by atoms with E-state index in [1.807, 2.05) is 0 Å². The van der Waals surface area contributed by atoms with Crippen molar-refractivity contribution in [3.8, 4) is 0 Å². The van der Waals surface area contributed by atoms with E-state index in [1.54, 1.807) is 24.3 Å². The van der Waals surface area contributed by atoms with Crippen LogP contribution in [-0.4, -0.2) is 38.0 Å². The van der Waals surface area contributed by atoms with Gasteiger partial charge in [0.1, 0.15) is 4.90 Å². The Morgan fingerprint density at radius 1 is 1.29 bits per heavy atom. The number of hydrogen-bond donors (Lipinski definition) is 0. The fraction of sp³-hybridized carbons (Fsp3) is 0.333. The molecule has 1 aromatic carbocycles. The van der Waals surface area contributed by atoms with Crippen LogP contribution < -0.4 is 0 Å². The van der Waals surface area contributed by atoms with Crippen LogP contribution >= 0.6 is 0 Å². The number of benzene rings is 1. The van der Waals surface area contributed by atoms with Crippen molar-refractivity contribution in [3.63, 3.8) is 0 Å². The molecule has 0 saturated heterocycles. The number of rotatable bonds is 5. The summed E-state index contributed by atoms with van der Waals surface area (Å²) in [6.45, 7) is 7.46. The van der Waals surface area contributed by atoms with Crippen LogP contribution in [0.3, 0.4) is 0 Å². The molecular weight excluding hydrogens is 247 g/mol. The maximum absolute atomic E-state index is 11.5. The van der Waals surface area contributed by atoms with Crippen LogP contribution in [0.5, 0.6) is 0 Å². The molecule has 0 fully saturated rings. The summed E-state index contributed by atoms with van der Waals surface area (Å²) in [5, 5.41) is 0. The summed E-state index contributed by atoms with van der Waals surface area (Å²) in [6.07, 6.45) is 1.85. The molecule has 0 aliphatic carbocycles. The molecule has 3 nitrogen and oxygen atoms in total. The Bertz CT molecular complexity index is 449. The van der Waals surface area contributed by atoms with Crippen molar-refractivity contribution in [1.29, 1.82) is 0 Å². The van der Waals surface area contributed by atoms with Crippen LogP contribution in [0.4, 0.5) is 0 Å². The van der Waals surface area contributed by atoms with Gasteiger partial charge in [0.2, 0.25) is 0 Å². The van der Waals surface area contributed by atoms with Gasteiger partial charge < -0.3 is 4.18 Å². The second kappa shape index (κ2) is 7.21. The van der Waals surface area contributed by atoms with Gasteiger partial charge in [0, 0.05) is 0 Å². The molecule has 0 unspecified atom stereocenters. The van der Waals surface area contributed by atoms with Crippen LogP contribution in [0.15, 0.2) is 42.0 Å². The van der Waals surface area contributed by atoms with Crippen molar-refractivity contribution in [1.82, 2.24) is 0 Å². The summed E-state index contributed by atoms with van der Waals surface area (Å²) in [6, 6.07) is 6.71. The van der Waals surface area contributed by atoms with Crippen molar-refractivity contribution in [2.24, 2.45) is 5.92 Å². The van der Waals surface area contributed by atoms with Crippen LogP contribution in [-0.2, 0) is 20.7 Å². The van der Waals surface area contributed by atoms with E-state index in [1.165, 1.54) is 0 Å². The SMILES string of the molecule is C=COS(=O)(=O)c1ccc(CC(C)C)cc1.[NaH]. The molecule has 0 N–H and O–H groups in total. The molecule has 0 aliphatic rings. The third kappa shape index (κ3) is 5.25. The van der Waals surface area contributed by atoms with Crippen LogP contribution in [0, 0.1) is 5.92 Å². The van der Waals surface area contributed by atoms with Gasteiger partial charge >= 0.3 is 39.7 Å². The van der Waals surface area contributed by atoms with Crippen molar-refractivity contribution < 1.29 is 12.6 Å². The van der Waals surface area contributed by atoms with E-state index in [9.17, 15) is 8.42 Å². The van der Waals surface area contributed by atoms with Gasteiger partial charge in [-0.25, -0.2) is 0 Å². The second-order valence-corrected chi connectivity index (χ2v) is 5.53. The molecular formula is C12H17NaO3S. The molecule has 1 aromatic rings. The summed E-state index contributed by atoms with van der Waals surface area (Å²) in [5.41, 5.74) is 1.12. The molecule has 0 heterocycles. The Morgan fingerprint density at radius 3 is 2.24 bits per heavy atom. The normalized spacial score (nSPS) is 10.8. The zero-order valence-electron chi connectivity index (χ0n) is 9.51. The predicted octanol–water partition coefficient (Wildman–Crippen LogP) is 2.09. The minimum absolute atomic E-state index is 0. The predicted molar refractivity (Wildman–Crippen MR) is 70.6 cm³/mol. The van der Waals surface area contributed by atoms with Gasteiger partial charge in [0.05, 0.1) is 6.26 Å². The summed E-state index contributed by atoms with van der Waals surface area (Å²) >= 11 is 0. The van der Waals surface area contributed by atoms with Gasteiger partial charge in [-0.1, -0.05) is 32.6 Å².